The summed E-state index contributed by atoms with van der Waals surface area (Å²) in [6.45, 7) is 7.00. The molecule has 1 aliphatic rings. The molecule has 2 amide bonds. The second-order valence-electron chi connectivity index (χ2n) is 8.23. The fraction of sp³-hybridized carbons (Fsp3) is 0.259. The maximum absolute atomic E-state index is 14.0. The van der Waals surface area contributed by atoms with Gasteiger partial charge in [-0.25, -0.2) is 0 Å². The van der Waals surface area contributed by atoms with E-state index in [0.717, 1.165) is 17.8 Å². The number of alkyl halides is 3. The molecule has 1 saturated heterocycles. The van der Waals surface area contributed by atoms with E-state index in [1.54, 1.807) is 48.2 Å². The molecule has 0 bridgehead atoms. The quantitative estimate of drug-likeness (QED) is 0.359. The minimum absolute atomic E-state index is 0.00583. The highest BCUT2D eigenvalue weighted by Crippen LogP contribution is 2.43. The van der Waals surface area contributed by atoms with E-state index < -0.39 is 17.6 Å². The van der Waals surface area contributed by atoms with Gasteiger partial charge in [0, 0.05) is 36.6 Å². The van der Waals surface area contributed by atoms with Crippen LogP contribution in [0.15, 0.2) is 81.6 Å². The van der Waals surface area contributed by atoms with Crippen LogP contribution in [0.5, 0.6) is 5.75 Å². The fourth-order valence-electron chi connectivity index (χ4n) is 3.94. The molecule has 0 aliphatic carbocycles. The van der Waals surface area contributed by atoms with Gasteiger partial charge in [-0.3, -0.25) is 9.59 Å². The number of hydrogen-bond acceptors (Lipinski definition) is 5. The normalized spacial score (nSPS) is 13.9. The van der Waals surface area contributed by atoms with Gasteiger partial charge in [-0.15, -0.1) is 0 Å². The van der Waals surface area contributed by atoms with Crippen molar-refractivity contribution in [3.05, 3.63) is 84.3 Å². The number of para-hydroxylation sites is 1. The van der Waals surface area contributed by atoms with Gasteiger partial charge < -0.3 is 19.0 Å². The first-order valence-electron chi connectivity index (χ1n) is 11.6. The van der Waals surface area contributed by atoms with E-state index in [1.165, 1.54) is 23.3 Å². The van der Waals surface area contributed by atoms with Crippen LogP contribution in [0.2, 0.25) is 0 Å². The van der Waals surface area contributed by atoms with E-state index in [9.17, 15) is 22.8 Å². The minimum atomic E-state index is -4.64. The largest absolute Gasteiger partial charge is 0.493 e. The molecule has 0 N–H and O–H groups in total. The average Bonchev–Trinajstić information content (AvgIpc) is 3.43. The summed E-state index contributed by atoms with van der Waals surface area (Å²) in [4.78, 5) is 29.1. The number of furan rings is 1. The summed E-state index contributed by atoms with van der Waals surface area (Å²) in [6, 6.07) is 13.9. The number of benzene rings is 2. The minimum Gasteiger partial charge on any atom is -0.493 e. The highest BCUT2D eigenvalue weighted by Gasteiger charge is 2.35. The second-order valence-corrected chi connectivity index (χ2v) is 9.31. The molecule has 194 valence electrons. The number of rotatable bonds is 7. The molecular formula is C27H25F3N2O4S. The molecule has 4 rings (SSSR count). The number of hydrogen-bond donors (Lipinski definition) is 0. The van der Waals surface area contributed by atoms with E-state index in [4.69, 9.17) is 9.15 Å². The van der Waals surface area contributed by atoms with Gasteiger partial charge in [-0.1, -0.05) is 36.5 Å². The van der Waals surface area contributed by atoms with Crippen LogP contribution in [0.4, 0.5) is 13.2 Å². The lowest BCUT2D eigenvalue weighted by Crippen LogP contribution is -2.50. The summed E-state index contributed by atoms with van der Waals surface area (Å²) >= 11 is 0.951. The lowest BCUT2D eigenvalue weighted by molar-refractivity contribution is -0.139. The Labute approximate surface area is 216 Å². The molecule has 0 radical (unpaired) electrons. The summed E-state index contributed by atoms with van der Waals surface area (Å²) in [5, 5.41) is 0. The summed E-state index contributed by atoms with van der Waals surface area (Å²) < 4.78 is 52.7. The summed E-state index contributed by atoms with van der Waals surface area (Å²) in [5.74, 6) is -0.0350. The molecule has 10 heteroatoms. The maximum atomic E-state index is 14.0. The second kappa shape index (κ2) is 11.2. The molecule has 2 aromatic carbocycles. The lowest BCUT2D eigenvalue weighted by atomic mass is 10.0. The van der Waals surface area contributed by atoms with Crippen LogP contribution >= 0.6 is 11.8 Å². The Kier molecular flexibility index (Phi) is 7.97. The molecule has 0 saturated carbocycles. The number of nitrogens with zero attached hydrogens (tertiary/aromatic N) is 2. The van der Waals surface area contributed by atoms with Crippen molar-refractivity contribution in [3.63, 3.8) is 0 Å². The maximum Gasteiger partial charge on any atom is 0.417 e. The van der Waals surface area contributed by atoms with E-state index >= 15 is 0 Å². The molecular weight excluding hydrogens is 505 g/mol. The first-order valence-corrected chi connectivity index (χ1v) is 12.4. The van der Waals surface area contributed by atoms with E-state index in [1.807, 2.05) is 0 Å². The summed E-state index contributed by atoms with van der Waals surface area (Å²) in [7, 11) is 0. The summed E-state index contributed by atoms with van der Waals surface area (Å²) in [6.07, 6.45) is -3.23. The number of carbonyl (C=O) groups is 2. The van der Waals surface area contributed by atoms with Gasteiger partial charge >= 0.3 is 6.18 Å². The molecule has 6 nitrogen and oxygen atoms in total. The Hall–Kier alpha value is -3.66. The zero-order chi connectivity index (χ0) is 26.6. The Morgan fingerprint density at radius 2 is 1.70 bits per heavy atom. The van der Waals surface area contributed by atoms with E-state index in [0.29, 0.717) is 17.3 Å². The zero-order valence-corrected chi connectivity index (χ0v) is 20.9. The molecule has 3 aromatic rings. The smallest absolute Gasteiger partial charge is 0.417 e. The van der Waals surface area contributed by atoms with Gasteiger partial charge in [0.2, 0.25) is 0 Å². The number of halogens is 3. The van der Waals surface area contributed by atoms with Crippen molar-refractivity contribution >= 4 is 29.1 Å². The predicted octanol–water partition coefficient (Wildman–Crippen LogP) is 5.85. The molecule has 2 heterocycles. The zero-order valence-electron chi connectivity index (χ0n) is 20.1. The first-order chi connectivity index (χ1) is 17.7. The third-order valence-corrected chi connectivity index (χ3v) is 6.98. The van der Waals surface area contributed by atoms with Crippen LogP contribution in [0.3, 0.4) is 0 Å². The van der Waals surface area contributed by atoms with Gasteiger partial charge in [0.15, 0.2) is 5.76 Å². The summed E-state index contributed by atoms with van der Waals surface area (Å²) in [5.41, 5.74) is -0.805. The van der Waals surface area contributed by atoms with Crippen molar-refractivity contribution < 1.29 is 31.9 Å². The lowest BCUT2D eigenvalue weighted by Gasteiger charge is -2.34. The monoisotopic (exact) mass is 530 g/mol. The van der Waals surface area contributed by atoms with Crippen LogP contribution in [-0.2, 0) is 11.0 Å². The van der Waals surface area contributed by atoms with Crippen molar-refractivity contribution in [1.82, 2.24) is 9.80 Å². The molecule has 0 spiro atoms. The predicted molar refractivity (Wildman–Crippen MR) is 133 cm³/mol. The van der Waals surface area contributed by atoms with Crippen molar-refractivity contribution in [2.45, 2.75) is 22.9 Å². The van der Waals surface area contributed by atoms with E-state index in [-0.39, 0.29) is 53.9 Å². The Balaban J connectivity index is 1.49. The van der Waals surface area contributed by atoms with Crippen LogP contribution in [0.25, 0.3) is 5.57 Å². The first kappa shape index (κ1) is 26.4. The molecule has 1 aromatic heterocycles. The highest BCUT2D eigenvalue weighted by atomic mass is 32.2. The number of carbonyl (C=O) groups excluding carboxylic acids is 2. The number of piperazine rings is 1. The van der Waals surface area contributed by atoms with Crippen molar-refractivity contribution in [1.29, 1.82) is 0 Å². The standard InChI is InChI=1S/C27H25F3N2O4S/c1-3-35-21-7-4-5-9-24(21)37-23-11-10-19(17-20(23)27(28,29)30)18(2)25(33)31-12-14-32(15-13-31)26(34)22-8-6-16-36-22/h4-11,16-17H,2-3,12-15H2,1H3. The third kappa shape index (κ3) is 6.02. The van der Waals surface area contributed by atoms with Gasteiger partial charge in [-0.05, 0) is 48.9 Å². The number of ether oxygens (including phenoxy) is 1. The highest BCUT2D eigenvalue weighted by molar-refractivity contribution is 7.99. The Morgan fingerprint density at radius 3 is 2.35 bits per heavy atom. The Bertz CT molecular complexity index is 1280. The van der Waals surface area contributed by atoms with Crippen molar-refractivity contribution in [2.75, 3.05) is 32.8 Å². The SMILES string of the molecule is C=C(C(=O)N1CCN(C(=O)c2ccco2)CC1)c1ccc(Sc2ccccc2OCC)c(C(F)(F)F)c1. The molecule has 0 unspecified atom stereocenters. The topological polar surface area (TPSA) is 63.0 Å². The Morgan fingerprint density at radius 1 is 1.00 bits per heavy atom. The molecule has 1 fully saturated rings. The van der Waals surface area contributed by atoms with Gasteiger partial charge in [0.1, 0.15) is 5.75 Å². The van der Waals surface area contributed by atoms with Crippen molar-refractivity contribution in [3.8, 4) is 5.75 Å². The number of amides is 2. The molecule has 1 aliphatic heterocycles. The molecule has 37 heavy (non-hydrogen) atoms. The van der Waals surface area contributed by atoms with Crippen LogP contribution in [0, 0.1) is 0 Å². The van der Waals surface area contributed by atoms with Gasteiger partial charge in [0.25, 0.3) is 11.8 Å². The average molecular weight is 531 g/mol. The van der Waals surface area contributed by atoms with Crippen LogP contribution < -0.4 is 4.74 Å². The van der Waals surface area contributed by atoms with Crippen LogP contribution in [0.1, 0.15) is 28.6 Å². The third-order valence-electron chi connectivity index (χ3n) is 5.85. The van der Waals surface area contributed by atoms with Gasteiger partial charge in [0.05, 0.1) is 23.3 Å². The fourth-order valence-corrected chi connectivity index (χ4v) is 4.97. The van der Waals surface area contributed by atoms with Crippen molar-refractivity contribution in [2.24, 2.45) is 0 Å². The van der Waals surface area contributed by atoms with E-state index in [2.05, 4.69) is 6.58 Å². The molecule has 0 atom stereocenters. The van der Waals surface area contributed by atoms with Gasteiger partial charge in [-0.2, -0.15) is 13.2 Å². The van der Waals surface area contributed by atoms with Crippen LogP contribution in [-0.4, -0.2) is 54.4 Å².